The topological polar surface area (TPSA) is 32.3 Å². The van der Waals surface area contributed by atoms with E-state index in [0.717, 1.165) is 67.6 Å². The van der Waals surface area contributed by atoms with E-state index in [-0.39, 0.29) is 27.8 Å². The van der Waals surface area contributed by atoms with E-state index in [0.29, 0.717) is 0 Å². The summed E-state index contributed by atoms with van der Waals surface area (Å²) < 4.78 is 0. The molecule has 2 aromatic heterocycles. The molecular weight excluding hydrogens is 742 g/mol. The van der Waals surface area contributed by atoms with E-state index in [2.05, 4.69) is 135 Å². The Morgan fingerprint density at radius 1 is 0.435 bits per heavy atom. The molecule has 0 N–H and O–H groups in total. The van der Waals surface area contributed by atoms with E-state index >= 15 is 0 Å². The van der Waals surface area contributed by atoms with E-state index in [1.807, 2.05) is 48.8 Å². The zero-order chi connectivity index (χ0) is 29.7. The van der Waals surface area contributed by atoms with Gasteiger partial charge in [-0.3, -0.25) is 0 Å². The predicted molar refractivity (Wildman–Crippen MR) is 185 cm³/mol. The number of rotatable bonds is 4. The van der Waals surface area contributed by atoms with Crippen molar-refractivity contribution in [3.05, 3.63) is 164 Å². The summed E-state index contributed by atoms with van der Waals surface area (Å²) in [5, 5.41) is 0. The van der Waals surface area contributed by atoms with Crippen LogP contribution in [0.25, 0.3) is 22.5 Å². The van der Waals surface area contributed by atoms with Crippen LogP contribution in [0.5, 0.6) is 0 Å². The Labute approximate surface area is 283 Å². The summed E-state index contributed by atoms with van der Waals surface area (Å²) in [7, 11) is 0. The van der Waals surface area contributed by atoms with Gasteiger partial charge < -0.3 is 19.8 Å². The molecule has 9 rings (SSSR count). The minimum atomic E-state index is -0.103. The number of aromatic nitrogens is 2. The van der Waals surface area contributed by atoms with Gasteiger partial charge in [-0.2, -0.15) is 0 Å². The molecule has 0 spiro atoms. The zero-order valence-electron chi connectivity index (χ0n) is 24.6. The Balaban J connectivity index is 0.00000312. The third-order valence-electron chi connectivity index (χ3n) is 8.71. The zero-order valence-corrected chi connectivity index (χ0v) is 26.9. The number of hydrogen-bond donors (Lipinski definition) is 0. The minimum Gasteiger partial charge on any atom is -0.353 e. The summed E-state index contributed by atoms with van der Waals surface area (Å²) >= 11 is 0. The van der Waals surface area contributed by atoms with Crippen molar-refractivity contribution in [3.63, 3.8) is 0 Å². The summed E-state index contributed by atoms with van der Waals surface area (Å²) in [6.45, 7) is -0.103. The quantitative estimate of drug-likeness (QED) is 0.137. The summed E-state index contributed by atoms with van der Waals surface area (Å²) in [5.41, 5.74) is 13.9. The van der Waals surface area contributed by atoms with Crippen molar-refractivity contribution in [2.24, 2.45) is 0 Å². The Hall–Kier alpha value is -5.25. The van der Waals surface area contributed by atoms with Crippen molar-refractivity contribution in [3.8, 4) is 22.5 Å². The molecule has 0 aliphatic carbocycles. The molecule has 0 atom stereocenters. The van der Waals surface area contributed by atoms with Crippen LogP contribution in [-0.4, -0.2) is 16.7 Å². The number of benzene rings is 5. The molecule has 0 unspecified atom stereocenters. The second-order valence-electron chi connectivity index (χ2n) is 11.3. The van der Waals surface area contributed by atoms with Gasteiger partial charge >= 0.3 is 21.1 Å². The number of nitrogens with zero attached hydrogens (tertiary/aromatic N) is 4. The number of fused-ring (bicyclic) bond motifs is 4. The molecule has 4 heterocycles. The van der Waals surface area contributed by atoms with Crippen LogP contribution in [-0.2, 0) is 21.1 Å². The maximum absolute atomic E-state index is 4.68. The van der Waals surface area contributed by atoms with Gasteiger partial charge in [0.15, 0.2) is 0 Å². The predicted octanol–water partition coefficient (Wildman–Crippen LogP) is 7.49. The first-order chi connectivity index (χ1) is 22.3. The molecule has 0 bridgehead atoms. The molecule has 0 saturated heterocycles. The average molecular weight is 768 g/mol. The van der Waals surface area contributed by atoms with Gasteiger partial charge in [-0.05, 0) is 76.8 Å². The van der Waals surface area contributed by atoms with Gasteiger partial charge in [-0.15, -0.1) is 58.5 Å². The van der Waals surface area contributed by atoms with Crippen LogP contribution in [0.1, 0.15) is 0 Å². The van der Waals surface area contributed by atoms with E-state index in [1.165, 1.54) is 5.46 Å². The van der Waals surface area contributed by atoms with Crippen molar-refractivity contribution in [2.75, 3.05) is 9.80 Å². The third kappa shape index (κ3) is 4.50. The summed E-state index contributed by atoms with van der Waals surface area (Å²) in [6, 6.07) is 56.4. The molecule has 46 heavy (non-hydrogen) atoms. The van der Waals surface area contributed by atoms with E-state index in [4.69, 9.17) is 0 Å². The number of para-hydroxylation sites is 2. The maximum atomic E-state index is 4.68. The molecular formula is C40H25BN4Pt. The minimum absolute atomic E-state index is 0. The molecule has 0 amide bonds. The van der Waals surface area contributed by atoms with Crippen molar-refractivity contribution >= 4 is 57.2 Å². The van der Waals surface area contributed by atoms with Crippen LogP contribution >= 0.6 is 0 Å². The van der Waals surface area contributed by atoms with Crippen molar-refractivity contribution in [1.29, 1.82) is 0 Å². The molecule has 0 fully saturated rings. The Bertz CT molecular complexity index is 2020. The molecule has 2 aliphatic rings. The first-order valence-corrected chi connectivity index (χ1v) is 15.1. The second-order valence-corrected chi connectivity index (χ2v) is 11.3. The maximum Gasteiger partial charge on any atom is 2.00 e. The third-order valence-corrected chi connectivity index (χ3v) is 8.71. The second kappa shape index (κ2) is 11.6. The monoisotopic (exact) mass is 767 g/mol. The standard InChI is InChI=1S/C40H25BN4.Pt/c1-3-12-30(13-4-1)44-36-22-20-28(34-16-7-9-24-42-34)26-32(36)41-33-27-29(35-17-8-10-25-43-35)21-23-37(33)45(31-14-5-2-6-15-31)39-19-11-18-38(44)40(39)41;/h1-25H;/q-2;+2. The fourth-order valence-corrected chi connectivity index (χ4v) is 6.81. The fraction of sp³-hybridized carbons (Fsp3) is 0. The Morgan fingerprint density at radius 3 is 1.33 bits per heavy atom. The molecule has 6 heteroatoms. The first-order valence-electron chi connectivity index (χ1n) is 15.1. The van der Waals surface area contributed by atoms with E-state index in [1.54, 1.807) is 0 Å². The molecule has 7 aromatic rings. The van der Waals surface area contributed by atoms with Crippen molar-refractivity contribution in [1.82, 2.24) is 9.97 Å². The summed E-state index contributed by atoms with van der Waals surface area (Å²) in [4.78, 5) is 14.1. The molecule has 0 saturated carbocycles. The van der Waals surface area contributed by atoms with Crippen LogP contribution in [0, 0.1) is 12.1 Å². The van der Waals surface area contributed by atoms with Crippen LogP contribution in [0.2, 0.25) is 0 Å². The van der Waals surface area contributed by atoms with Crippen molar-refractivity contribution in [2.45, 2.75) is 0 Å². The normalized spacial score (nSPS) is 12.5. The molecule has 4 nitrogen and oxygen atoms in total. The molecule has 5 aromatic carbocycles. The number of hydrogen-bond acceptors (Lipinski definition) is 4. The molecule has 2 aliphatic heterocycles. The van der Waals surface area contributed by atoms with E-state index in [9.17, 15) is 0 Å². The SMILES string of the molecule is [Pt+2].[c-]1c(-c2ccccn2)ccc2c1B1c3[c-]c(-c4ccccn4)ccc3N(c3ccccc3)c3cccc(c31)N2c1ccccc1. The number of anilines is 6. The molecule has 0 radical (unpaired) electrons. The van der Waals surface area contributed by atoms with Gasteiger partial charge in [-0.25, -0.2) is 0 Å². The van der Waals surface area contributed by atoms with Crippen molar-refractivity contribution < 1.29 is 21.1 Å². The Morgan fingerprint density at radius 2 is 0.891 bits per heavy atom. The summed E-state index contributed by atoms with van der Waals surface area (Å²) in [6.07, 6.45) is 3.68. The van der Waals surface area contributed by atoms with Gasteiger partial charge in [-0.1, -0.05) is 66.7 Å². The molecule has 218 valence electrons. The van der Waals surface area contributed by atoms with Gasteiger partial charge in [0.2, 0.25) is 6.71 Å². The van der Waals surface area contributed by atoms with E-state index < -0.39 is 0 Å². The van der Waals surface area contributed by atoms with Gasteiger partial charge in [0, 0.05) is 35.1 Å². The van der Waals surface area contributed by atoms with Crippen LogP contribution in [0.3, 0.4) is 0 Å². The number of pyridine rings is 2. The summed E-state index contributed by atoms with van der Waals surface area (Å²) in [5.74, 6) is 0. The smallest absolute Gasteiger partial charge is 0.353 e. The van der Waals surface area contributed by atoms with Gasteiger partial charge in [0.1, 0.15) is 0 Å². The van der Waals surface area contributed by atoms with Crippen LogP contribution < -0.4 is 26.2 Å². The van der Waals surface area contributed by atoms with Crippen LogP contribution in [0.4, 0.5) is 34.1 Å². The Kier molecular flexibility index (Phi) is 7.12. The van der Waals surface area contributed by atoms with Gasteiger partial charge in [0.25, 0.3) is 0 Å². The van der Waals surface area contributed by atoms with Gasteiger partial charge in [0.05, 0.1) is 0 Å². The van der Waals surface area contributed by atoms with Crippen LogP contribution in [0.15, 0.2) is 152 Å². The fourth-order valence-electron chi connectivity index (χ4n) is 6.81. The average Bonchev–Trinajstić information content (AvgIpc) is 3.12. The first kappa shape index (κ1) is 28.2. The largest absolute Gasteiger partial charge is 2.00 e.